The summed E-state index contributed by atoms with van der Waals surface area (Å²) in [4.78, 5) is 4.71. The van der Waals surface area contributed by atoms with Gasteiger partial charge < -0.3 is 14.2 Å². The van der Waals surface area contributed by atoms with Gasteiger partial charge in [0.2, 0.25) is 0 Å². The molecule has 0 fully saturated rings. The maximum Gasteiger partial charge on any atom is 0.136 e. The number of nitrogens with zero attached hydrogens (tertiary/aromatic N) is 2. The van der Waals surface area contributed by atoms with Crippen molar-refractivity contribution in [3.63, 3.8) is 0 Å². The van der Waals surface area contributed by atoms with E-state index in [9.17, 15) is 0 Å². The van der Waals surface area contributed by atoms with Crippen molar-refractivity contribution in [2.75, 3.05) is 9.80 Å². The average molecular weight is 703 g/mol. The normalized spacial score (nSPS) is 11.6. The molecular weight excluding hydrogens is 669 g/mol. The van der Waals surface area contributed by atoms with Gasteiger partial charge in [-0.1, -0.05) is 121 Å². The second-order valence-electron chi connectivity index (χ2n) is 14.2. The second-order valence-corrected chi connectivity index (χ2v) is 14.2. The first-order valence-electron chi connectivity index (χ1n) is 18.7. The van der Waals surface area contributed by atoms with E-state index in [0.717, 1.165) is 66.8 Å². The second kappa shape index (κ2) is 12.6. The molecule has 1 heterocycles. The first-order valence-corrected chi connectivity index (χ1v) is 18.7. The van der Waals surface area contributed by atoms with Crippen LogP contribution >= 0.6 is 0 Å². The molecule has 0 N–H and O–H groups in total. The molecule has 0 radical (unpaired) electrons. The topological polar surface area (TPSA) is 19.6 Å². The number of hydrogen-bond donors (Lipinski definition) is 0. The van der Waals surface area contributed by atoms with E-state index in [2.05, 4.69) is 216 Å². The van der Waals surface area contributed by atoms with E-state index < -0.39 is 0 Å². The van der Waals surface area contributed by atoms with Gasteiger partial charge in [-0.3, -0.25) is 0 Å². The summed E-state index contributed by atoms with van der Waals surface area (Å²) in [6, 6.07) is 73.9. The van der Waals surface area contributed by atoms with Crippen LogP contribution in [0.25, 0.3) is 65.0 Å². The molecule has 0 spiro atoms. The summed E-state index contributed by atoms with van der Waals surface area (Å²) in [6.07, 6.45) is 0. The van der Waals surface area contributed by atoms with Crippen LogP contribution < -0.4 is 9.80 Å². The quantitative estimate of drug-likeness (QED) is 0.172. The molecule has 0 unspecified atom stereocenters. The number of para-hydroxylation sites is 2. The Balaban J connectivity index is 1.04. The van der Waals surface area contributed by atoms with Crippen LogP contribution in [0.2, 0.25) is 0 Å². The maximum atomic E-state index is 6.70. The van der Waals surface area contributed by atoms with Crippen molar-refractivity contribution < 1.29 is 4.42 Å². The van der Waals surface area contributed by atoms with E-state index in [1.807, 2.05) is 0 Å². The molecule has 0 aliphatic rings. The smallest absolute Gasteiger partial charge is 0.136 e. The minimum Gasteiger partial charge on any atom is -0.456 e. The van der Waals surface area contributed by atoms with E-state index in [-0.39, 0.29) is 0 Å². The monoisotopic (exact) mass is 702 g/mol. The van der Waals surface area contributed by atoms with E-state index in [0.29, 0.717) is 0 Å². The number of furan rings is 1. The van der Waals surface area contributed by atoms with E-state index in [4.69, 9.17) is 4.42 Å². The van der Waals surface area contributed by atoms with Crippen LogP contribution in [-0.4, -0.2) is 0 Å². The van der Waals surface area contributed by atoms with Crippen LogP contribution in [0, 0.1) is 0 Å². The van der Waals surface area contributed by atoms with E-state index >= 15 is 0 Å². The summed E-state index contributed by atoms with van der Waals surface area (Å²) >= 11 is 0. The lowest BCUT2D eigenvalue weighted by Gasteiger charge is -2.27. The minimum absolute atomic E-state index is 0.883. The Morgan fingerprint density at radius 1 is 0.255 bits per heavy atom. The largest absolute Gasteiger partial charge is 0.456 e. The SMILES string of the molecule is c1ccc(N(c2ccc3cc4c(cc3c2)oc2cc3cc(N(c5ccccc5)c5cccc6ccccc56)ccc3cc24)c2cccc3ccccc23)cc1. The minimum atomic E-state index is 0.883. The van der Waals surface area contributed by atoms with Crippen molar-refractivity contribution >= 4 is 99.2 Å². The third-order valence-corrected chi connectivity index (χ3v) is 10.9. The van der Waals surface area contributed by atoms with Crippen molar-refractivity contribution in [1.82, 2.24) is 0 Å². The summed E-state index contributed by atoms with van der Waals surface area (Å²) in [5.41, 5.74) is 8.47. The summed E-state index contributed by atoms with van der Waals surface area (Å²) in [5.74, 6) is 0. The van der Waals surface area contributed by atoms with Gasteiger partial charge in [0, 0.05) is 44.3 Å². The van der Waals surface area contributed by atoms with Crippen molar-refractivity contribution in [1.29, 1.82) is 0 Å². The van der Waals surface area contributed by atoms with Crippen LogP contribution in [0.5, 0.6) is 0 Å². The lowest BCUT2D eigenvalue weighted by Crippen LogP contribution is -2.10. The molecule has 0 aliphatic carbocycles. The van der Waals surface area contributed by atoms with Gasteiger partial charge >= 0.3 is 0 Å². The fourth-order valence-electron chi connectivity index (χ4n) is 8.33. The fourth-order valence-corrected chi connectivity index (χ4v) is 8.33. The van der Waals surface area contributed by atoms with Gasteiger partial charge in [-0.15, -0.1) is 0 Å². The molecule has 1 aromatic heterocycles. The Kier molecular flexibility index (Phi) is 7.17. The highest BCUT2D eigenvalue weighted by Gasteiger charge is 2.19. The average Bonchev–Trinajstić information content (AvgIpc) is 3.58. The molecule has 0 amide bonds. The number of rotatable bonds is 6. The van der Waals surface area contributed by atoms with Gasteiger partial charge in [-0.05, 0) is 117 Å². The van der Waals surface area contributed by atoms with Gasteiger partial charge in [0.1, 0.15) is 11.2 Å². The highest BCUT2D eigenvalue weighted by Crippen LogP contribution is 2.43. The Hall–Kier alpha value is -7.36. The lowest BCUT2D eigenvalue weighted by atomic mass is 10.0. The first-order chi connectivity index (χ1) is 27.2. The molecule has 3 nitrogen and oxygen atoms in total. The molecule has 11 rings (SSSR count). The van der Waals surface area contributed by atoms with Crippen molar-refractivity contribution in [2.24, 2.45) is 0 Å². The van der Waals surface area contributed by atoms with E-state index in [1.54, 1.807) is 0 Å². The predicted octanol–water partition coefficient (Wildman–Crippen LogP) is 15.1. The molecule has 0 aliphatic heterocycles. The Bertz CT molecular complexity index is 2990. The first kappa shape index (κ1) is 31.2. The predicted molar refractivity (Wildman–Crippen MR) is 233 cm³/mol. The van der Waals surface area contributed by atoms with Gasteiger partial charge in [0.25, 0.3) is 0 Å². The van der Waals surface area contributed by atoms with Gasteiger partial charge in [-0.2, -0.15) is 0 Å². The van der Waals surface area contributed by atoms with Crippen LogP contribution in [0.15, 0.2) is 211 Å². The van der Waals surface area contributed by atoms with E-state index in [1.165, 1.54) is 32.3 Å². The molecule has 11 aromatic rings. The number of benzene rings is 10. The highest BCUT2D eigenvalue weighted by atomic mass is 16.3. The summed E-state index contributed by atoms with van der Waals surface area (Å²) in [7, 11) is 0. The number of fused-ring (bicyclic) bond motifs is 7. The van der Waals surface area contributed by atoms with Crippen molar-refractivity contribution in [3.8, 4) is 0 Å². The van der Waals surface area contributed by atoms with Gasteiger partial charge in [-0.25, -0.2) is 0 Å². The Morgan fingerprint density at radius 3 is 1.15 bits per heavy atom. The number of anilines is 6. The molecular formula is C52H34N2O. The van der Waals surface area contributed by atoms with Crippen LogP contribution in [-0.2, 0) is 0 Å². The standard InChI is InChI=1S/C52H34N2O/c1-3-17-41(18-4-1)53(49-23-11-15-35-13-7-9-21-45(35)49)43-27-25-37-31-47-48-32-38-26-28-44(30-40(38)34-52(48)55-51(47)33-39(37)29-43)54(42-19-5-2-6-20-42)50-24-12-16-36-14-8-10-22-46(36)50/h1-34H. The van der Waals surface area contributed by atoms with Crippen LogP contribution in [0.1, 0.15) is 0 Å². The Morgan fingerprint density at radius 2 is 0.673 bits per heavy atom. The van der Waals surface area contributed by atoms with Crippen LogP contribution in [0.4, 0.5) is 34.1 Å². The molecule has 10 aromatic carbocycles. The summed E-state index contributed by atoms with van der Waals surface area (Å²) in [6.45, 7) is 0. The summed E-state index contributed by atoms with van der Waals surface area (Å²) < 4.78 is 6.70. The van der Waals surface area contributed by atoms with Crippen molar-refractivity contribution in [3.05, 3.63) is 206 Å². The molecule has 0 bridgehead atoms. The van der Waals surface area contributed by atoms with Gasteiger partial charge in [0.05, 0.1) is 11.4 Å². The molecule has 0 atom stereocenters. The molecule has 55 heavy (non-hydrogen) atoms. The third kappa shape index (κ3) is 5.28. The lowest BCUT2D eigenvalue weighted by molar-refractivity contribution is 0.670. The summed E-state index contributed by atoms with van der Waals surface area (Å²) in [5, 5.41) is 11.7. The molecule has 0 saturated carbocycles. The number of hydrogen-bond acceptors (Lipinski definition) is 3. The zero-order valence-corrected chi connectivity index (χ0v) is 29.9. The Labute approximate surface area is 318 Å². The highest BCUT2D eigenvalue weighted by molar-refractivity contribution is 6.14. The fraction of sp³-hybridized carbons (Fsp3) is 0. The maximum absolute atomic E-state index is 6.70. The van der Waals surface area contributed by atoms with Gasteiger partial charge in [0.15, 0.2) is 0 Å². The molecule has 0 saturated heterocycles. The molecule has 3 heteroatoms. The zero-order chi connectivity index (χ0) is 36.3. The third-order valence-electron chi connectivity index (χ3n) is 10.9. The zero-order valence-electron chi connectivity index (χ0n) is 29.9. The molecule has 258 valence electrons. The van der Waals surface area contributed by atoms with Crippen molar-refractivity contribution in [2.45, 2.75) is 0 Å². The van der Waals surface area contributed by atoms with Crippen LogP contribution in [0.3, 0.4) is 0 Å².